The lowest BCUT2D eigenvalue weighted by molar-refractivity contribution is -0.113. The Kier molecular flexibility index (Phi) is 5.35. The zero-order valence-corrected chi connectivity index (χ0v) is 16.9. The number of ether oxygens (including phenoxy) is 2. The molecule has 6 nitrogen and oxygen atoms in total. The first-order valence-corrected chi connectivity index (χ1v) is 10.4. The number of halogens is 1. The Morgan fingerprint density at radius 1 is 1.26 bits per heavy atom. The Labute approximate surface area is 173 Å². The van der Waals surface area contributed by atoms with Crippen LogP contribution in [0.3, 0.4) is 0 Å². The van der Waals surface area contributed by atoms with Gasteiger partial charge in [0.1, 0.15) is 0 Å². The van der Waals surface area contributed by atoms with E-state index in [1.807, 2.05) is 12.1 Å². The number of benzene rings is 2. The number of rotatable bonds is 5. The van der Waals surface area contributed by atoms with Gasteiger partial charge >= 0.3 is 0 Å². The summed E-state index contributed by atoms with van der Waals surface area (Å²) in [6.45, 7) is 0.198. The highest BCUT2D eigenvalue weighted by Gasteiger charge is 2.15. The van der Waals surface area contributed by atoms with Crippen LogP contribution in [0.4, 0.5) is 5.69 Å². The molecule has 1 aliphatic heterocycles. The van der Waals surface area contributed by atoms with Crippen LogP contribution in [-0.4, -0.2) is 28.2 Å². The van der Waals surface area contributed by atoms with Crippen LogP contribution in [-0.2, 0) is 4.79 Å². The lowest BCUT2D eigenvalue weighted by atomic mass is 10.3. The maximum atomic E-state index is 12.2. The first-order chi connectivity index (χ1) is 13.1. The zero-order valence-electron chi connectivity index (χ0n) is 13.7. The first kappa shape index (κ1) is 18.3. The Bertz CT molecular complexity index is 1050. The molecule has 1 amide bonds. The van der Waals surface area contributed by atoms with Gasteiger partial charge in [0.25, 0.3) is 0 Å². The minimum Gasteiger partial charge on any atom is -0.454 e. The summed E-state index contributed by atoms with van der Waals surface area (Å²) in [5.74, 6) is 1.38. The molecule has 0 atom stereocenters. The molecular formula is C17H12ClN3O3S3. The van der Waals surface area contributed by atoms with Crippen molar-refractivity contribution in [1.82, 2.24) is 9.78 Å². The van der Waals surface area contributed by atoms with Gasteiger partial charge in [-0.2, -0.15) is 0 Å². The summed E-state index contributed by atoms with van der Waals surface area (Å²) in [5.41, 5.74) is 1.49. The molecule has 0 aliphatic carbocycles. The van der Waals surface area contributed by atoms with Crippen molar-refractivity contribution in [3.8, 4) is 17.2 Å². The number of hydrogen-bond donors (Lipinski definition) is 1. The van der Waals surface area contributed by atoms with Crippen LogP contribution in [0.1, 0.15) is 0 Å². The summed E-state index contributed by atoms with van der Waals surface area (Å²) >= 11 is 14.0. The van der Waals surface area contributed by atoms with Gasteiger partial charge in [0.15, 0.2) is 19.8 Å². The van der Waals surface area contributed by atoms with Crippen LogP contribution in [0.2, 0.25) is 5.02 Å². The fraction of sp³-hybridized carbons (Fsp3) is 0.118. The highest BCUT2D eigenvalue weighted by Crippen LogP contribution is 2.34. The predicted molar refractivity (Wildman–Crippen MR) is 109 cm³/mol. The molecule has 0 bridgehead atoms. The van der Waals surface area contributed by atoms with Crippen molar-refractivity contribution in [2.24, 2.45) is 0 Å². The molecule has 1 aliphatic rings. The second-order valence-electron chi connectivity index (χ2n) is 5.43. The first-order valence-electron chi connectivity index (χ1n) is 7.77. The van der Waals surface area contributed by atoms with Crippen molar-refractivity contribution in [3.05, 3.63) is 51.4 Å². The molecule has 0 unspecified atom stereocenters. The van der Waals surface area contributed by atoms with Gasteiger partial charge in [0, 0.05) is 16.8 Å². The third-order valence-corrected chi connectivity index (χ3v) is 6.20. The van der Waals surface area contributed by atoms with Crippen LogP contribution >= 0.6 is 46.9 Å². The van der Waals surface area contributed by atoms with E-state index in [-0.39, 0.29) is 18.5 Å². The number of nitrogens with one attached hydrogen (secondary N) is 1. The average molecular weight is 438 g/mol. The van der Waals surface area contributed by atoms with Crippen molar-refractivity contribution in [1.29, 1.82) is 0 Å². The van der Waals surface area contributed by atoms with Gasteiger partial charge in [-0.05, 0) is 48.6 Å². The molecule has 3 aromatic rings. The second-order valence-corrected chi connectivity index (χ2v) is 8.71. The van der Waals surface area contributed by atoms with Crippen molar-refractivity contribution in [3.63, 3.8) is 0 Å². The Morgan fingerprint density at radius 2 is 2.04 bits per heavy atom. The summed E-state index contributed by atoms with van der Waals surface area (Å²) in [7, 11) is 0. The van der Waals surface area contributed by atoms with E-state index in [4.69, 9.17) is 33.3 Å². The monoisotopic (exact) mass is 437 g/mol. The second kappa shape index (κ2) is 7.89. The molecule has 0 radical (unpaired) electrons. The van der Waals surface area contributed by atoms with Crippen molar-refractivity contribution in [2.75, 3.05) is 17.9 Å². The zero-order chi connectivity index (χ0) is 18.8. The van der Waals surface area contributed by atoms with Crippen LogP contribution in [0, 0.1) is 3.95 Å². The van der Waals surface area contributed by atoms with E-state index in [9.17, 15) is 4.79 Å². The minimum atomic E-state index is -0.141. The number of fused-ring (bicyclic) bond motifs is 1. The van der Waals surface area contributed by atoms with Crippen LogP contribution in [0.25, 0.3) is 5.69 Å². The topological polar surface area (TPSA) is 65.4 Å². The van der Waals surface area contributed by atoms with Crippen LogP contribution in [0.15, 0.2) is 46.8 Å². The minimum absolute atomic E-state index is 0.141. The largest absolute Gasteiger partial charge is 0.454 e. The molecule has 1 aromatic heterocycles. The van der Waals surface area contributed by atoms with E-state index < -0.39 is 0 Å². The summed E-state index contributed by atoms with van der Waals surface area (Å²) in [5, 5.41) is 7.95. The van der Waals surface area contributed by atoms with Gasteiger partial charge in [-0.3, -0.25) is 4.79 Å². The number of aromatic nitrogens is 2. The molecule has 0 saturated heterocycles. The van der Waals surface area contributed by atoms with E-state index in [1.54, 1.807) is 35.0 Å². The summed E-state index contributed by atoms with van der Waals surface area (Å²) in [6, 6.07) is 12.5. The van der Waals surface area contributed by atoms with E-state index in [0.717, 1.165) is 10.0 Å². The highest BCUT2D eigenvalue weighted by molar-refractivity contribution is 8.01. The van der Waals surface area contributed by atoms with Gasteiger partial charge in [0.2, 0.25) is 12.7 Å². The molecule has 0 saturated carbocycles. The van der Waals surface area contributed by atoms with Crippen LogP contribution in [0.5, 0.6) is 11.5 Å². The van der Waals surface area contributed by atoms with Gasteiger partial charge in [-0.25, -0.2) is 4.68 Å². The molecule has 4 rings (SSSR count). The van der Waals surface area contributed by atoms with Gasteiger partial charge in [0.05, 0.1) is 11.4 Å². The van der Waals surface area contributed by atoms with Gasteiger partial charge in [-0.15, -0.1) is 5.10 Å². The van der Waals surface area contributed by atoms with Gasteiger partial charge < -0.3 is 14.8 Å². The van der Waals surface area contributed by atoms with E-state index in [1.165, 1.54) is 23.1 Å². The Morgan fingerprint density at radius 3 is 2.85 bits per heavy atom. The SMILES string of the molecule is O=C(CSc1nn(-c2ccc(Cl)cc2)c(=S)s1)Nc1ccc2c(c1)OCO2. The molecule has 0 fully saturated rings. The van der Waals surface area contributed by atoms with E-state index in [2.05, 4.69) is 10.4 Å². The summed E-state index contributed by atoms with van der Waals surface area (Å²) in [6.07, 6.45) is 0. The number of carbonyl (C=O) groups is 1. The molecule has 138 valence electrons. The average Bonchev–Trinajstić information content (AvgIpc) is 3.26. The number of hydrogen-bond acceptors (Lipinski definition) is 7. The molecule has 1 N–H and O–H groups in total. The highest BCUT2D eigenvalue weighted by atomic mass is 35.5. The lowest BCUT2D eigenvalue weighted by Gasteiger charge is -2.05. The number of anilines is 1. The van der Waals surface area contributed by atoms with Crippen molar-refractivity contribution >= 4 is 58.5 Å². The molecule has 27 heavy (non-hydrogen) atoms. The Balaban J connectivity index is 1.38. The molecular weight excluding hydrogens is 426 g/mol. The maximum absolute atomic E-state index is 12.2. The summed E-state index contributed by atoms with van der Waals surface area (Å²) in [4.78, 5) is 12.2. The maximum Gasteiger partial charge on any atom is 0.234 e. The van der Waals surface area contributed by atoms with Gasteiger partial charge in [-0.1, -0.05) is 34.7 Å². The smallest absolute Gasteiger partial charge is 0.234 e. The standard InChI is InChI=1S/C17H12ClN3O3S3/c18-10-1-4-12(5-2-10)21-17(25)27-16(20-21)26-8-15(22)19-11-3-6-13-14(7-11)24-9-23-13/h1-7H,8-9H2,(H,19,22). The van der Waals surface area contributed by atoms with Crippen LogP contribution < -0.4 is 14.8 Å². The number of amides is 1. The Hall–Kier alpha value is -2.07. The number of thioether (sulfide) groups is 1. The third kappa shape index (κ3) is 4.27. The normalized spacial score (nSPS) is 12.2. The van der Waals surface area contributed by atoms with Crippen molar-refractivity contribution in [2.45, 2.75) is 4.34 Å². The summed E-state index contributed by atoms with van der Waals surface area (Å²) < 4.78 is 13.5. The molecule has 0 spiro atoms. The number of nitrogens with zero attached hydrogens (tertiary/aromatic N) is 2. The number of carbonyl (C=O) groups excluding carboxylic acids is 1. The fourth-order valence-electron chi connectivity index (χ4n) is 2.36. The van der Waals surface area contributed by atoms with Crippen molar-refractivity contribution < 1.29 is 14.3 Å². The molecule has 2 heterocycles. The lowest BCUT2D eigenvalue weighted by Crippen LogP contribution is -2.13. The van der Waals surface area contributed by atoms with E-state index >= 15 is 0 Å². The molecule has 2 aromatic carbocycles. The third-order valence-electron chi connectivity index (χ3n) is 3.58. The van der Waals surface area contributed by atoms with E-state index in [0.29, 0.717) is 26.2 Å². The molecule has 10 heteroatoms. The fourth-order valence-corrected chi connectivity index (χ4v) is 4.65. The predicted octanol–water partition coefficient (Wildman–Crippen LogP) is 4.78. The quantitative estimate of drug-likeness (QED) is 0.458.